The van der Waals surface area contributed by atoms with E-state index >= 15 is 0 Å². The largest absolute Gasteiger partial charge is 0.383 e. The Hall–Kier alpha value is -1.14. The van der Waals surface area contributed by atoms with Gasteiger partial charge in [0, 0.05) is 26.2 Å². The first kappa shape index (κ1) is 15.3. The molecule has 0 amide bonds. The molecule has 6 nitrogen and oxygen atoms in total. The average molecular weight is 300 g/mol. The zero-order valence-electron chi connectivity index (χ0n) is 12.3. The van der Waals surface area contributed by atoms with Gasteiger partial charge in [-0.2, -0.15) is 15.0 Å². The highest BCUT2D eigenvalue weighted by atomic mass is 35.5. The molecule has 0 aliphatic heterocycles. The fourth-order valence-electron chi connectivity index (χ4n) is 2.21. The van der Waals surface area contributed by atoms with Gasteiger partial charge in [-0.1, -0.05) is 0 Å². The second kappa shape index (κ2) is 7.04. The van der Waals surface area contributed by atoms with Gasteiger partial charge in [-0.05, 0) is 44.2 Å². The molecule has 0 saturated heterocycles. The summed E-state index contributed by atoms with van der Waals surface area (Å²) in [6.07, 6.45) is 2.53. The van der Waals surface area contributed by atoms with Gasteiger partial charge in [-0.3, -0.25) is 0 Å². The van der Waals surface area contributed by atoms with Crippen molar-refractivity contribution in [2.24, 2.45) is 5.92 Å². The van der Waals surface area contributed by atoms with E-state index in [0.29, 0.717) is 30.5 Å². The Labute approximate surface area is 124 Å². The molecule has 0 bridgehead atoms. The second-order valence-corrected chi connectivity index (χ2v) is 5.36. The van der Waals surface area contributed by atoms with Crippen LogP contribution in [0.25, 0.3) is 0 Å². The van der Waals surface area contributed by atoms with E-state index in [1.807, 2.05) is 6.92 Å². The van der Waals surface area contributed by atoms with E-state index in [1.54, 1.807) is 7.11 Å². The van der Waals surface area contributed by atoms with Gasteiger partial charge in [0.25, 0.3) is 0 Å². The van der Waals surface area contributed by atoms with Crippen LogP contribution in [0.15, 0.2) is 0 Å². The Bertz CT molecular complexity index is 441. The number of hydrogen-bond acceptors (Lipinski definition) is 6. The summed E-state index contributed by atoms with van der Waals surface area (Å²) in [4.78, 5) is 15.0. The summed E-state index contributed by atoms with van der Waals surface area (Å²) in [5.74, 6) is 1.86. The fraction of sp³-hybridized carbons (Fsp3) is 0.769. The van der Waals surface area contributed by atoms with Crippen molar-refractivity contribution in [3.05, 3.63) is 5.28 Å². The molecule has 1 N–H and O–H groups in total. The molecular weight excluding hydrogens is 278 g/mol. The van der Waals surface area contributed by atoms with Crippen molar-refractivity contribution in [1.82, 2.24) is 15.0 Å². The van der Waals surface area contributed by atoms with E-state index in [1.165, 1.54) is 12.8 Å². The van der Waals surface area contributed by atoms with Gasteiger partial charge >= 0.3 is 0 Å². The van der Waals surface area contributed by atoms with Gasteiger partial charge in [-0.15, -0.1) is 0 Å². The molecule has 1 aromatic rings. The number of nitrogens with one attached hydrogen (secondary N) is 1. The van der Waals surface area contributed by atoms with Crippen LogP contribution in [0.1, 0.15) is 26.7 Å². The first-order chi connectivity index (χ1) is 9.65. The zero-order chi connectivity index (χ0) is 14.5. The van der Waals surface area contributed by atoms with E-state index in [9.17, 15) is 0 Å². The number of aromatic nitrogens is 3. The van der Waals surface area contributed by atoms with Crippen molar-refractivity contribution >= 4 is 23.5 Å². The molecule has 0 spiro atoms. The molecule has 1 unspecified atom stereocenters. The van der Waals surface area contributed by atoms with Crippen LogP contribution in [0.5, 0.6) is 0 Å². The third-order valence-electron chi connectivity index (χ3n) is 3.52. The van der Waals surface area contributed by atoms with Gasteiger partial charge in [0.05, 0.1) is 6.61 Å². The molecule has 1 fully saturated rings. The van der Waals surface area contributed by atoms with Gasteiger partial charge in [0.2, 0.25) is 17.2 Å². The topological polar surface area (TPSA) is 63.2 Å². The highest BCUT2D eigenvalue weighted by Crippen LogP contribution is 2.36. The summed E-state index contributed by atoms with van der Waals surface area (Å²) in [6.45, 7) is 6.33. The van der Waals surface area contributed by atoms with Crippen molar-refractivity contribution in [2.75, 3.05) is 37.0 Å². The molecular formula is C13H22ClN5O. The lowest BCUT2D eigenvalue weighted by Crippen LogP contribution is -2.38. The van der Waals surface area contributed by atoms with Crippen LogP contribution in [-0.4, -0.2) is 47.8 Å². The van der Waals surface area contributed by atoms with Gasteiger partial charge in [0.15, 0.2) is 0 Å². The Morgan fingerprint density at radius 1 is 1.40 bits per heavy atom. The summed E-state index contributed by atoms with van der Waals surface area (Å²) < 4.78 is 5.19. The van der Waals surface area contributed by atoms with Crippen LogP contribution < -0.4 is 10.2 Å². The van der Waals surface area contributed by atoms with Crippen LogP contribution in [0.3, 0.4) is 0 Å². The van der Waals surface area contributed by atoms with Crippen molar-refractivity contribution in [1.29, 1.82) is 0 Å². The van der Waals surface area contributed by atoms with E-state index in [-0.39, 0.29) is 5.28 Å². The average Bonchev–Trinajstić information content (AvgIpc) is 3.23. The molecule has 0 aromatic carbocycles. The summed E-state index contributed by atoms with van der Waals surface area (Å²) >= 11 is 6.00. The lowest BCUT2D eigenvalue weighted by Gasteiger charge is -2.29. The number of halogens is 1. The molecule has 1 heterocycles. The van der Waals surface area contributed by atoms with Crippen LogP contribution >= 0.6 is 11.6 Å². The molecule has 20 heavy (non-hydrogen) atoms. The highest BCUT2D eigenvalue weighted by Gasteiger charge is 2.33. The van der Waals surface area contributed by atoms with E-state index in [4.69, 9.17) is 16.3 Å². The Kier molecular flexibility index (Phi) is 5.37. The minimum Gasteiger partial charge on any atom is -0.383 e. The standard InChI is InChI=1S/C13H22ClN5O/c1-4-15-12-16-11(14)17-13(18-12)19(7-8-20-3)9(2)10-5-6-10/h9-10H,4-8H2,1-3H3,(H,15,16,17,18). The molecule has 0 radical (unpaired) electrons. The first-order valence-corrected chi connectivity index (χ1v) is 7.44. The van der Waals surface area contributed by atoms with E-state index in [2.05, 4.69) is 32.1 Å². The van der Waals surface area contributed by atoms with Crippen LogP contribution in [0.4, 0.5) is 11.9 Å². The van der Waals surface area contributed by atoms with Crippen molar-refractivity contribution < 1.29 is 4.74 Å². The number of ether oxygens (including phenoxy) is 1. The number of methoxy groups -OCH3 is 1. The minimum atomic E-state index is 0.219. The Balaban J connectivity index is 2.21. The van der Waals surface area contributed by atoms with Gasteiger partial charge < -0.3 is 15.0 Å². The molecule has 2 rings (SSSR count). The number of anilines is 2. The van der Waals surface area contributed by atoms with Crippen molar-refractivity contribution in [3.8, 4) is 0 Å². The smallest absolute Gasteiger partial charge is 0.231 e. The summed E-state index contributed by atoms with van der Waals surface area (Å²) in [5, 5.41) is 3.30. The maximum absolute atomic E-state index is 6.00. The normalized spacial score (nSPS) is 16.0. The first-order valence-electron chi connectivity index (χ1n) is 7.06. The predicted molar refractivity (Wildman–Crippen MR) is 80.4 cm³/mol. The molecule has 1 saturated carbocycles. The van der Waals surface area contributed by atoms with Crippen LogP contribution in [0.2, 0.25) is 5.28 Å². The molecule has 1 aliphatic rings. The minimum absolute atomic E-state index is 0.219. The zero-order valence-corrected chi connectivity index (χ0v) is 13.0. The molecule has 112 valence electrons. The predicted octanol–water partition coefficient (Wildman–Crippen LogP) is 2.21. The summed E-state index contributed by atoms with van der Waals surface area (Å²) in [5.41, 5.74) is 0. The SMILES string of the molecule is CCNc1nc(Cl)nc(N(CCOC)C(C)C2CC2)n1. The third kappa shape index (κ3) is 3.93. The van der Waals surface area contributed by atoms with E-state index < -0.39 is 0 Å². The monoisotopic (exact) mass is 299 g/mol. The number of hydrogen-bond donors (Lipinski definition) is 1. The third-order valence-corrected chi connectivity index (χ3v) is 3.69. The second-order valence-electron chi connectivity index (χ2n) is 5.02. The quantitative estimate of drug-likeness (QED) is 0.794. The van der Waals surface area contributed by atoms with Gasteiger partial charge in [-0.25, -0.2) is 0 Å². The Morgan fingerprint density at radius 3 is 2.75 bits per heavy atom. The number of rotatable bonds is 8. The highest BCUT2D eigenvalue weighted by molar-refractivity contribution is 6.28. The summed E-state index contributed by atoms with van der Waals surface area (Å²) in [7, 11) is 1.70. The number of nitrogens with zero attached hydrogens (tertiary/aromatic N) is 4. The van der Waals surface area contributed by atoms with Crippen molar-refractivity contribution in [3.63, 3.8) is 0 Å². The van der Waals surface area contributed by atoms with Gasteiger partial charge in [0.1, 0.15) is 0 Å². The van der Waals surface area contributed by atoms with Crippen LogP contribution in [-0.2, 0) is 4.74 Å². The van der Waals surface area contributed by atoms with Crippen molar-refractivity contribution in [2.45, 2.75) is 32.7 Å². The maximum Gasteiger partial charge on any atom is 0.231 e. The van der Waals surface area contributed by atoms with E-state index in [0.717, 1.165) is 13.1 Å². The Morgan fingerprint density at radius 2 is 2.15 bits per heavy atom. The van der Waals surface area contributed by atoms with Crippen LogP contribution in [0, 0.1) is 5.92 Å². The fourth-order valence-corrected chi connectivity index (χ4v) is 2.37. The maximum atomic E-state index is 6.00. The summed E-state index contributed by atoms with van der Waals surface area (Å²) in [6, 6.07) is 0.387. The lowest BCUT2D eigenvalue weighted by atomic mass is 10.2. The molecule has 7 heteroatoms. The molecule has 1 aromatic heterocycles. The molecule has 1 atom stereocenters. The lowest BCUT2D eigenvalue weighted by molar-refractivity contribution is 0.202. The molecule has 1 aliphatic carbocycles.